The fraction of sp³-hybridized carbons (Fsp3) is 0.765. The van der Waals surface area contributed by atoms with E-state index in [0.29, 0.717) is 32.4 Å². The van der Waals surface area contributed by atoms with Gasteiger partial charge in [-0.1, -0.05) is 5.21 Å². The van der Waals surface area contributed by atoms with Crippen LogP contribution in [0.3, 0.4) is 0 Å². The van der Waals surface area contributed by atoms with Crippen LogP contribution >= 0.6 is 0 Å². The third-order valence-corrected chi connectivity index (χ3v) is 4.85. The number of hydrogen-bond acceptors (Lipinski definition) is 5. The SMILES string of the molecule is CC(C)(C)OC(=O)N1CCC(n2nnc3c2C[C@H](C(=O)O)CC3)CC1. The number of aryl methyl sites for hydroxylation is 1. The first-order valence-corrected chi connectivity index (χ1v) is 8.88. The fourth-order valence-electron chi connectivity index (χ4n) is 3.52. The molecule has 2 heterocycles. The molecule has 0 aromatic carbocycles. The number of carboxylic acid groups (broad SMARTS) is 1. The number of aromatic nitrogens is 3. The fourth-order valence-corrected chi connectivity index (χ4v) is 3.52. The zero-order chi connectivity index (χ0) is 18.2. The van der Waals surface area contributed by atoms with Crippen molar-refractivity contribution in [3.8, 4) is 0 Å². The second-order valence-electron chi connectivity index (χ2n) is 7.90. The molecule has 1 N–H and O–H groups in total. The topological polar surface area (TPSA) is 97.5 Å². The molecule has 1 aromatic rings. The number of nitrogens with zero attached hydrogens (tertiary/aromatic N) is 4. The standard InChI is InChI=1S/C17H26N4O4/c1-17(2,3)25-16(24)20-8-6-12(7-9-20)21-14-10-11(15(22)23)4-5-13(14)18-19-21/h11-12H,4-10H2,1-3H3,(H,22,23)/t11-/m1/s1. The number of fused-ring (bicyclic) bond motifs is 1. The highest BCUT2D eigenvalue weighted by molar-refractivity contribution is 5.70. The third-order valence-electron chi connectivity index (χ3n) is 4.85. The quantitative estimate of drug-likeness (QED) is 0.876. The van der Waals surface area contributed by atoms with Crippen LogP contribution in [-0.4, -0.2) is 55.8 Å². The Hall–Kier alpha value is -2.12. The van der Waals surface area contributed by atoms with E-state index in [9.17, 15) is 14.7 Å². The summed E-state index contributed by atoms with van der Waals surface area (Å²) in [4.78, 5) is 25.2. The number of hydrogen-bond donors (Lipinski definition) is 1. The number of piperidine rings is 1. The van der Waals surface area contributed by atoms with E-state index in [4.69, 9.17) is 4.74 Å². The van der Waals surface area contributed by atoms with Gasteiger partial charge in [0.1, 0.15) is 5.60 Å². The summed E-state index contributed by atoms with van der Waals surface area (Å²) in [5.41, 5.74) is 1.38. The number of ether oxygens (including phenoxy) is 1. The van der Waals surface area contributed by atoms with Crippen molar-refractivity contribution in [2.24, 2.45) is 5.92 Å². The number of rotatable bonds is 2. The molecule has 0 unspecified atom stereocenters. The second kappa shape index (κ2) is 6.65. The minimum absolute atomic E-state index is 0.155. The second-order valence-corrected chi connectivity index (χ2v) is 7.90. The van der Waals surface area contributed by atoms with Crippen LogP contribution in [0, 0.1) is 5.92 Å². The average Bonchev–Trinajstić information content (AvgIpc) is 2.96. The van der Waals surface area contributed by atoms with Crippen molar-refractivity contribution < 1.29 is 19.4 Å². The monoisotopic (exact) mass is 350 g/mol. The van der Waals surface area contributed by atoms with Gasteiger partial charge in [-0.3, -0.25) is 4.79 Å². The Kier molecular flexibility index (Phi) is 4.71. The molecule has 0 bridgehead atoms. The van der Waals surface area contributed by atoms with Crippen molar-refractivity contribution in [3.05, 3.63) is 11.4 Å². The van der Waals surface area contributed by atoms with Gasteiger partial charge in [-0.25, -0.2) is 9.48 Å². The van der Waals surface area contributed by atoms with Crippen molar-refractivity contribution in [1.29, 1.82) is 0 Å². The average molecular weight is 350 g/mol. The van der Waals surface area contributed by atoms with Gasteiger partial charge >= 0.3 is 12.1 Å². The molecule has 0 spiro atoms. The van der Waals surface area contributed by atoms with Crippen LogP contribution < -0.4 is 0 Å². The van der Waals surface area contributed by atoms with Crippen LogP contribution in [0.5, 0.6) is 0 Å². The molecule has 1 fully saturated rings. The predicted molar refractivity (Wildman–Crippen MR) is 89.3 cm³/mol. The van der Waals surface area contributed by atoms with Gasteiger partial charge in [0.2, 0.25) is 0 Å². The van der Waals surface area contributed by atoms with E-state index in [-0.39, 0.29) is 18.1 Å². The van der Waals surface area contributed by atoms with E-state index in [0.717, 1.165) is 24.2 Å². The van der Waals surface area contributed by atoms with Crippen molar-refractivity contribution in [1.82, 2.24) is 19.9 Å². The molecule has 1 aliphatic carbocycles. The Morgan fingerprint density at radius 1 is 1.20 bits per heavy atom. The Bertz CT molecular complexity index is 656. The zero-order valence-corrected chi connectivity index (χ0v) is 15.1. The molecule has 8 heteroatoms. The van der Waals surface area contributed by atoms with Gasteiger partial charge in [-0.2, -0.15) is 0 Å². The summed E-state index contributed by atoms with van der Waals surface area (Å²) < 4.78 is 7.32. The van der Waals surface area contributed by atoms with E-state index in [1.165, 1.54) is 0 Å². The van der Waals surface area contributed by atoms with Crippen LogP contribution in [-0.2, 0) is 22.4 Å². The summed E-state index contributed by atoms with van der Waals surface area (Å²) >= 11 is 0. The zero-order valence-electron chi connectivity index (χ0n) is 15.1. The molecule has 0 radical (unpaired) electrons. The molecule has 3 rings (SSSR count). The normalized spacial score (nSPS) is 21.7. The summed E-state index contributed by atoms with van der Waals surface area (Å²) in [5, 5.41) is 17.8. The minimum Gasteiger partial charge on any atom is -0.481 e. The van der Waals surface area contributed by atoms with Crippen LogP contribution in [0.15, 0.2) is 0 Å². The third kappa shape index (κ3) is 3.93. The van der Waals surface area contributed by atoms with E-state index in [1.54, 1.807) is 4.90 Å². The lowest BCUT2D eigenvalue weighted by molar-refractivity contribution is -0.142. The minimum atomic E-state index is -0.752. The highest BCUT2D eigenvalue weighted by Crippen LogP contribution is 2.30. The van der Waals surface area contributed by atoms with Crippen LogP contribution in [0.25, 0.3) is 0 Å². The lowest BCUT2D eigenvalue weighted by Crippen LogP contribution is -2.42. The molecule has 1 atom stereocenters. The van der Waals surface area contributed by atoms with Gasteiger partial charge in [0.25, 0.3) is 0 Å². The van der Waals surface area contributed by atoms with Crippen molar-refractivity contribution >= 4 is 12.1 Å². The number of carbonyl (C=O) groups excluding carboxylic acids is 1. The van der Waals surface area contributed by atoms with E-state index in [1.807, 2.05) is 25.5 Å². The smallest absolute Gasteiger partial charge is 0.410 e. The van der Waals surface area contributed by atoms with Crippen molar-refractivity contribution in [3.63, 3.8) is 0 Å². The Labute approximate surface area is 147 Å². The van der Waals surface area contributed by atoms with Gasteiger partial charge in [-0.15, -0.1) is 5.10 Å². The van der Waals surface area contributed by atoms with Gasteiger partial charge in [-0.05, 0) is 46.5 Å². The first-order valence-electron chi connectivity index (χ1n) is 8.88. The van der Waals surface area contributed by atoms with Crippen molar-refractivity contribution in [2.75, 3.05) is 13.1 Å². The first kappa shape index (κ1) is 17.7. The number of aliphatic carboxylic acids is 1. The molecule has 0 saturated carbocycles. The van der Waals surface area contributed by atoms with Gasteiger partial charge in [0.15, 0.2) is 0 Å². The Morgan fingerprint density at radius 3 is 2.48 bits per heavy atom. The van der Waals surface area contributed by atoms with Gasteiger partial charge < -0.3 is 14.7 Å². The highest BCUT2D eigenvalue weighted by Gasteiger charge is 2.33. The molecule has 8 nitrogen and oxygen atoms in total. The van der Waals surface area contributed by atoms with E-state index in [2.05, 4.69) is 10.3 Å². The lowest BCUT2D eigenvalue weighted by atomic mass is 9.89. The van der Waals surface area contributed by atoms with Crippen LogP contribution in [0.1, 0.15) is 57.5 Å². The molecule has 1 aliphatic heterocycles. The Morgan fingerprint density at radius 2 is 1.88 bits per heavy atom. The maximum atomic E-state index is 12.2. The maximum Gasteiger partial charge on any atom is 0.410 e. The molecule has 1 amide bonds. The molecule has 25 heavy (non-hydrogen) atoms. The summed E-state index contributed by atoms with van der Waals surface area (Å²) in [7, 11) is 0. The van der Waals surface area contributed by atoms with E-state index >= 15 is 0 Å². The van der Waals surface area contributed by atoms with Crippen molar-refractivity contribution in [2.45, 2.75) is 64.5 Å². The summed E-state index contributed by atoms with van der Waals surface area (Å²) in [6, 6.07) is 0.155. The number of carbonyl (C=O) groups is 2. The first-order chi connectivity index (χ1) is 11.7. The molecule has 2 aliphatic rings. The molecular weight excluding hydrogens is 324 g/mol. The number of likely N-dealkylation sites (tertiary alicyclic amines) is 1. The molecular formula is C17H26N4O4. The number of amides is 1. The highest BCUT2D eigenvalue weighted by atomic mass is 16.6. The van der Waals surface area contributed by atoms with Crippen LogP contribution in [0.4, 0.5) is 4.79 Å². The van der Waals surface area contributed by atoms with Gasteiger partial charge in [0.05, 0.1) is 23.3 Å². The molecule has 1 saturated heterocycles. The predicted octanol–water partition coefficient (Wildman–Crippen LogP) is 2.04. The van der Waals surface area contributed by atoms with E-state index < -0.39 is 11.6 Å². The lowest BCUT2D eigenvalue weighted by Gasteiger charge is -2.34. The van der Waals surface area contributed by atoms with Crippen LogP contribution in [0.2, 0.25) is 0 Å². The molecule has 1 aromatic heterocycles. The largest absolute Gasteiger partial charge is 0.481 e. The summed E-state index contributed by atoms with van der Waals surface area (Å²) in [6.07, 6.45) is 3.04. The van der Waals surface area contributed by atoms with Gasteiger partial charge in [0, 0.05) is 19.5 Å². The summed E-state index contributed by atoms with van der Waals surface area (Å²) in [5.74, 6) is -1.11. The Balaban J connectivity index is 1.64. The maximum absolute atomic E-state index is 12.2. The molecule has 138 valence electrons. The number of carboxylic acids is 1. The summed E-state index contributed by atoms with van der Waals surface area (Å²) in [6.45, 7) is 6.79.